The van der Waals surface area contributed by atoms with E-state index in [-0.39, 0.29) is 18.2 Å². The van der Waals surface area contributed by atoms with Crippen LogP contribution in [0.15, 0.2) is 48.5 Å². The zero-order chi connectivity index (χ0) is 12.8. The minimum atomic E-state index is -0.400. The molecule has 0 heterocycles. The van der Waals surface area contributed by atoms with Gasteiger partial charge in [0.1, 0.15) is 12.4 Å². The fraction of sp³-hybridized carbons (Fsp3) is 0.143. The quantitative estimate of drug-likeness (QED) is 0.819. The summed E-state index contributed by atoms with van der Waals surface area (Å²) in [6.45, 7) is 0.657. The molecule has 0 spiro atoms. The van der Waals surface area contributed by atoms with Crippen LogP contribution in [0.5, 0.6) is 5.75 Å². The minimum absolute atomic E-state index is 0.202. The molecule has 2 rings (SSSR count). The number of hydrogen-bond acceptors (Lipinski definition) is 2. The number of benzene rings is 2. The predicted octanol–water partition coefficient (Wildman–Crippen LogP) is 3.46. The highest BCUT2D eigenvalue weighted by molar-refractivity contribution is 5.44. The Morgan fingerprint density at radius 1 is 0.889 bits per heavy atom. The van der Waals surface area contributed by atoms with E-state index in [1.165, 1.54) is 12.1 Å². The van der Waals surface area contributed by atoms with Crippen LogP contribution in [0.25, 0.3) is 0 Å². The van der Waals surface area contributed by atoms with Gasteiger partial charge in [-0.2, -0.15) is 0 Å². The Balaban J connectivity index is 1.80. The first-order valence-electron chi connectivity index (χ1n) is 5.63. The molecule has 0 radical (unpaired) electrons. The molecule has 0 aliphatic heterocycles. The third-order valence-corrected chi connectivity index (χ3v) is 2.39. The van der Waals surface area contributed by atoms with Crippen LogP contribution in [-0.2, 0) is 0 Å². The molecule has 0 fully saturated rings. The highest BCUT2D eigenvalue weighted by Gasteiger charge is 2.02. The second-order valence-corrected chi connectivity index (χ2v) is 3.69. The van der Waals surface area contributed by atoms with Crippen molar-refractivity contribution in [2.45, 2.75) is 0 Å². The third-order valence-electron chi connectivity index (χ3n) is 2.39. The van der Waals surface area contributed by atoms with Crippen molar-refractivity contribution in [3.63, 3.8) is 0 Å². The Morgan fingerprint density at radius 2 is 1.56 bits per heavy atom. The monoisotopic (exact) mass is 249 g/mol. The third kappa shape index (κ3) is 3.20. The lowest BCUT2D eigenvalue weighted by atomic mass is 10.3. The highest BCUT2D eigenvalue weighted by atomic mass is 19.1. The van der Waals surface area contributed by atoms with Crippen molar-refractivity contribution in [2.24, 2.45) is 0 Å². The van der Waals surface area contributed by atoms with Crippen molar-refractivity contribution < 1.29 is 13.5 Å². The van der Waals surface area contributed by atoms with Gasteiger partial charge in [0.2, 0.25) is 0 Å². The molecule has 0 amide bonds. The summed E-state index contributed by atoms with van der Waals surface area (Å²) in [5.41, 5.74) is 0.412. The molecule has 2 aromatic carbocycles. The zero-order valence-corrected chi connectivity index (χ0v) is 9.70. The van der Waals surface area contributed by atoms with Crippen molar-refractivity contribution in [2.75, 3.05) is 18.5 Å². The van der Waals surface area contributed by atoms with Gasteiger partial charge < -0.3 is 10.1 Å². The fourth-order valence-electron chi connectivity index (χ4n) is 1.51. The topological polar surface area (TPSA) is 21.3 Å². The van der Waals surface area contributed by atoms with Gasteiger partial charge in [-0.25, -0.2) is 8.78 Å². The summed E-state index contributed by atoms with van der Waals surface area (Å²) >= 11 is 0. The minimum Gasteiger partial charge on any atom is -0.489 e. The Morgan fingerprint density at radius 3 is 2.28 bits per heavy atom. The van der Waals surface area contributed by atoms with Crippen LogP contribution < -0.4 is 10.1 Å². The molecule has 1 N–H and O–H groups in total. The second kappa shape index (κ2) is 6.00. The standard InChI is InChI=1S/C14H13F2NO/c15-11-5-1-3-7-13(11)17-9-10-18-14-8-4-2-6-12(14)16/h1-8,17H,9-10H2. The van der Waals surface area contributed by atoms with Gasteiger partial charge in [-0.15, -0.1) is 0 Å². The summed E-state index contributed by atoms with van der Waals surface area (Å²) in [6, 6.07) is 12.6. The smallest absolute Gasteiger partial charge is 0.165 e. The number of ether oxygens (including phenoxy) is 1. The molecule has 94 valence electrons. The summed E-state index contributed by atoms with van der Waals surface area (Å²) in [4.78, 5) is 0. The van der Waals surface area contributed by atoms with E-state index >= 15 is 0 Å². The van der Waals surface area contributed by atoms with Crippen molar-refractivity contribution >= 4 is 5.69 Å². The van der Waals surface area contributed by atoms with Crippen LogP contribution in [0.4, 0.5) is 14.5 Å². The Labute approximate surface area is 104 Å². The van der Waals surface area contributed by atoms with Gasteiger partial charge in [0.25, 0.3) is 0 Å². The number of hydrogen-bond donors (Lipinski definition) is 1. The van der Waals surface area contributed by atoms with E-state index < -0.39 is 5.82 Å². The maximum absolute atomic E-state index is 13.2. The number of halogens is 2. The lowest BCUT2D eigenvalue weighted by Gasteiger charge is -2.09. The summed E-state index contributed by atoms with van der Waals surface area (Å²) in [5.74, 6) is -0.514. The Hall–Kier alpha value is -2.10. The van der Waals surface area contributed by atoms with E-state index in [0.29, 0.717) is 12.2 Å². The molecule has 0 saturated heterocycles. The highest BCUT2D eigenvalue weighted by Crippen LogP contribution is 2.15. The number of para-hydroxylation sites is 2. The van der Waals surface area contributed by atoms with E-state index in [0.717, 1.165) is 0 Å². The van der Waals surface area contributed by atoms with Crippen molar-refractivity contribution in [1.29, 1.82) is 0 Å². The summed E-state index contributed by atoms with van der Waals surface area (Å²) in [7, 11) is 0. The first-order chi connectivity index (χ1) is 8.77. The molecule has 2 aromatic rings. The van der Waals surface area contributed by atoms with Crippen LogP contribution in [-0.4, -0.2) is 13.2 Å². The van der Waals surface area contributed by atoms with Crippen LogP contribution in [0.3, 0.4) is 0 Å². The first-order valence-corrected chi connectivity index (χ1v) is 5.63. The lowest BCUT2D eigenvalue weighted by molar-refractivity contribution is 0.315. The van der Waals surface area contributed by atoms with E-state index in [9.17, 15) is 8.78 Å². The summed E-state index contributed by atoms with van der Waals surface area (Å²) in [5, 5.41) is 2.88. The second-order valence-electron chi connectivity index (χ2n) is 3.69. The maximum atomic E-state index is 13.2. The molecular weight excluding hydrogens is 236 g/mol. The molecule has 0 aliphatic carbocycles. The largest absolute Gasteiger partial charge is 0.489 e. The van der Waals surface area contributed by atoms with Gasteiger partial charge in [-0.05, 0) is 24.3 Å². The zero-order valence-electron chi connectivity index (χ0n) is 9.70. The van der Waals surface area contributed by atoms with Gasteiger partial charge in [-0.3, -0.25) is 0 Å². The molecule has 0 bridgehead atoms. The molecule has 0 saturated carbocycles. The lowest BCUT2D eigenvalue weighted by Crippen LogP contribution is -2.12. The van der Waals surface area contributed by atoms with E-state index in [1.807, 2.05) is 0 Å². The summed E-state index contributed by atoms with van der Waals surface area (Å²) < 4.78 is 31.7. The van der Waals surface area contributed by atoms with Gasteiger partial charge in [0.15, 0.2) is 11.6 Å². The van der Waals surface area contributed by atoms with Crippen LogP contribution in [0.2, 0.25) is 0 Å². The van der Waals surface area contributed by atoms with Crippen molar-refractivity contribution in [3.05, 3.63) is 60.2 Å². The van der Waals surface area contributed by atoms with Gasteiger partial charge >= 0.3 is 0 Å². The van der Waals surface area contributed by atoms with Crippen molar-refractivity contribution in [1.82, 2.24) is 0 Å². The molecule has 2 nitrogen and oxygen atoms in total. The molecule has 0 aromatic heterocycles. The molecule has 0 aliphatic rings. The van der Waals surface area contributed by atoms with Gasteiger partial charge in [0.05, 0.1) is 5.69 Å². The van der Waals surface area contributed by atoms with Crippen LogP contribution in [0.1, 0.15) is 0 Å². The van der Waals surface area contributed by atoms with Gasteiger partial charge in [0, 0.05) is 6.54 Å². The van der Waals surface area contributed by atoms with Crippen LogP contribution >= 0.6 is 0 Å². The molecular formula is C14H13F2NO. The van der Waals surface area contributed by atoms with Crippen molar-refractivity contribution in [3.8, 4) is 5.75 Å². The molecule has 18 heavy (non-hydrogen) atoms. The molecule has 0 unspecified atom stereocenters. The average molecular weight is 249 g/mol. The number of nitrogens with one attached hydrogen (secondary N) is 1. The summed E-state index contributed by atoms with van der Waals surface area (Å²) in [6.07, 6.45) is 0. The van der Waals surface area contributed by atoms with Gasteiger partial charge in [-0.1, -0.05) is 24.3 Å². The van der Waals surface area contributed by atoms with E-state index in [2.05, 4.69) is 5.32 Å². The Bertz CT molecular complexity index is 469. The molecule has 4 heteroatoms. The number of rotatable bonds is 5. The maximum Gasteiger partial charge on any atom is 0.165 e. The first kappa shape index (κ1) is 12.4. The average Bonchev–Trinajstić information content (AvgIpc) is 2.38. The SMILES string of the molecule is Fc1ccccc1NCCOc1ccccc1F. The van der Waals surface area contributed by atoms with E-state index in [4.69, 9.17) is 4.74 Å². The Kier molecular flexibility index (Phi) is 4.12. The van der Waals surface area contributed by atoms with E-state index in [1.54, 1.807) is 36.4 Å². The fourth-order valence-corrected chi connectivity index (χ4v) is 1.51. The molecule has 0 atom stereocenters. The predicted molar refractivity (Wildman–Crippen MR) is 66.8 cm³/mol. The normalized spacial score (nSPS) is 10.1. The number of anilines is 1. The van der Waals surface area contributed by atoms with Crippen LogP contribution in [0, 0.1) is 11.6 Å².